The number of aliphatic hydroxyl groups is 1. The molecule has 20 heavy (non-hydrogen) atoms. The average molecular weight is 282 g/mol. The Morgan fingerprint density at radius 2 is 2.10 bits per heavy atom. The third-order valence-electron chi connectivity index (χ3n) is 3.68. The van der Waals surface area contributed by atoms with Crippen molar-refractivity contribution in [1.29, 1.82) is 0 Å². The van der Waals surface area contributed by atoms with E-state index in [1.165, 1.54) is 4.90 Å². The van der Waals surface area contributed by atoms with E-state index < -0.39 is 27.9 Å². The number of carbonyl (C=O) groups is 1. The van der Waals surface area contributed by atoms with Crippen LogP contribution in [0.2, 0.25) is 0 Å². The van der Waals surface area contributed by atoms with E-state index in [1.54, 1.807) is 0 Å². The first-order chi connectivity index (χ1) is 9.24. The van der Waals surface area contributed by atoms with Crippen LogP contribution in [-0.2, 0) is 0 Å². The number of hydrogen-bond acceptors (Lipinski definition) is 4. The van der Waals surface area contributed by atoms with Crippen molar-refractivity contribution < 1.29 is 19.2 Å². The van der Waals surface area contributed by atoms with Gasteiger partial charge in [0.1, 0.15) is 17.0 Å². The molecule has 108 valence electrons. The topological polar surface area (TPSA) is 83.7 Å². The van der Waals surface area contributed by atoms with Gasteiger partial charge < -0.3 is 10.0 Å². The molecule has 0 saturated carbocycles. The molecule has 6 nitrogen and oxygen atoms in total. The van der Waals surface area contributed by atoms with Crippen LogP contribution in [0.3, 0.4) is 0 Å². The normalized spacial score (nSPS) is 16.9. The minimum absolute atomic E-state index is 0.0333. The first-order valence-corrected chi connectivity index (χ1v) is 6.20. The molecule has 0 unspecified atom stereocenters. The molecular formula is C13H15FN2O4. The molecule has 1 amide bonds. The number of rotatable bonds is 3. The second kappa shape index (κ2) is 4.82. The SMILES string of the molecule is CC(C)C1(O)CN(C(=O)c2cc(F)ccc2[N+](=O)[O-])C1. The summed E-state index contributed by atoms with van der Waals surface area (Å²) in [7, 11) is 0. The van der Waals surface area contributed by atoms with Crippen LogP contribution in [0.5, 0.6) is 0 Å². The zero-order valence-corrected chi connectivity index (χ0v) is 11.2. The number of β-amino-alcohol motifs (C(OH)–C–C–N with tert-alkyl or cyclic N) is 1. The van der Waals surface area contributed by atoms with E-state index in [4.69, 9.17) is 0 Å². The Morgan fingerprint density at radius 1 is 1.50 bits per heavy atom. The summed E-state index contributed by atoms with van der Waals surface area (Å²) in [6.45, 7) is 3.84. The van der Waals surface area contributed by atoms with Crippen LogP contribution in [0.25, 0.3) is 0 Å². The molecule has 1 saturated heterocycles. The highest BCUT2D eigenvalue weighted by Crippen LogP contribution is 2.31. The van der Waals surface area contributed by atoms with Crippen LogP contribution >= 0.6 is 0 Å². The second-order valence-corrected chi connectivity index (χ2v) is 5.34. The van der Waals surface area contributed by atoms with Crippen LogP contribution in [0.4, 0.5) is 10.1 Å². The molecule has 0 aliphatic carbocycles. The Morgan fingerprint density at radius 3 is 2.60 bits per heavy atom. The van der Waals surface area contributed by atoms with E-state index >= 15 is 0 Å². The van der Waals surface area contributed by atoms with Crippen molar-refractivity contribution in [2.45, 2.75) is 19.4 Å². The van der Waals surface area contributed by atoms with Crippen molar-refractivity contribution in [3.63, 3.8) is 0 Å². The van der Waals surface area contributed by atoms with Crippen molar-refractivity contribution in [3.8, 4) is 0 Å². The van der Waals surface area contributed by atoms with Gasteiger partial charge in [0, 0.05) is 6.07 Å². The molecule has 0 atom stereocenters. The summed E-state index contributed by atoms with van der Waals surface area (Å²) >= 11 is 0. The van der Waals surface area contributed by atoms with Gasteiger partial charge in [-0.2, -0.15) is 0 Å². The Balaban J connectivity index is 2.23. The minimum Gasteiger partial charge on any atom is -0.386 e. The molecule has 0 aromatic heterocycles. The molecule has 0 spiro atoms. The lowest BCUT2D eigenvalue weighted by molar-refractivity contribution is -0.385. The smallest absolute Gasteiger partial charge is 0.282 e. The number of halogens is 1. The van der Waals surface area contributed by atoms with Gasteiger partial charge in [-0.05, 0) is 18.1 Å². The van der Waals surface area contributed by atoms with Gasteiger partial charge in [-0.3, -0.25) is 14.9 Å². The van der Waals surface area contributed by atoms with Crippen LogP contribution in [0.1, 0.15) is 24.2 Å². The maximum atomic E-state index is 13.2. The maximum Gasteiger partial charge on any atom is 0.282 e. The lowest BCUT2D eigenvalue weighted by atomic mass is 9.82. The quantitative estimate of drug-likeness (QED) is 0.674. The summed E-state index contributed by atoms with van der Waals surface area (Å²) in [5.41, 5.74) is -1.70. The van der Waals surface area contributed by atoms with Gasteiger partial charge in [0.05, 0.1) is 18.0 Å². The van der Waals surface area contributed by atoms with E-state index in [9.17, 15) is 24.4 Å². The van der Waals surface area contributed by atoms with E-state index in [-0.39, 0.29) is 24.6 Å². The van der Waals surface area contributed by atoms with Crippen LogP contribution in [0, 0.1) is 21.8 Å². The Labute approximate surface area is 115 Å². The highest BCUT2D eigenvalue weighted by Gasteiger charge is 2.46. The van der Waals surface area contributed by atoms with Gasteiger partial charge in [0.2, 0.25) is 0 Å². The molecule has 1 aliphatic heterocycles. The number of likely N-dealkylation sites (tertiary alicyclic amines) is 1. The number of amides is 1. The molecule has 0 bridgehead atoms. The average Bonchev–Trinajstić information content (AvgIpc) is 2.33. The zero-order chi connectivity index (χ0) is 15.1. The number of nitrogens with zero attached hydrogens (tertiary/aromatic N) is 2. The highest BCUT2D eigenvalue weighted by atomic mass is 19.1. The first kappa shape index (κ1) is 14.4. The maximum absolute atomic E-state index is 13.2. The fraction of sp³-hybridized carbons (Fsp3) is 0.462. The third-order valence-corrected chi connectivity index (χ3v) is 3.68. The number of nitro benzene ring substituents is 1. The third kappa shape index (κ3) is 2.36. The Bertz CT molecular complexity index is 567. The molecule has 1 fully saturated rings. The molecular weight excluding hydrogens is 267 g/mol. The number of hydrogen-bond donors (Lipinski definition) is 1. The fourth-order valence-corrected chi connectivity index (χ4v) is 2.13. The number of carbonyl (C=O) groups excluding carboxylic acids is 1. The highest BCUT2D eigenvalue weighted by molar-refractivity contribution is 5.98. The number of nitro groups is 1. The minimum atomic E-state index is -0.974. The first-order valence-electron chi connectivity index (χ1n) is 6.20. The zero-order valence-electron chi connectivity index (χ0n) is 11.2. The Kier molecular flexibility index (Phi) is 3.47. The van der Waals surface area contributed by atoms with Gasteiger partial charge >= 0.3 is 0 Å². The lowest BCUT2D eigenvalue weighted by Crippen LogP contribution is -2.66. The second-order valence-electron chi connectivity index (χ2n) is 5.34. The monoisotopic (exact) mass is 282 g/mol. The Hall–Kier alpha value is -2.02. The summed E-state index contributed by atoms with van der Waals surface area (Å²) in [5, 5.41) is 20.9. The molecule has 1 aromatic carbocycles. The van der Waals surface area contributed by atoms with Crippen molar-refractivity contribution >= 4 is 11.6 Å². The summed E-state index contributed by atoms with van der Waals surface area (Å²) in [5.74, 6) is -1.38. The van der Waals surface area contributed by atoms with Crippen molar-refractivity contribution in [3.05, 3.63) is 39.7 Å². The summed E-state index contributed by atoms with van der Waals surface area (Å²) < 4.78 is 13.2. The standard InChI is InChI=1S/C13H15FN2O4/c1-8(2)13(18)6-15(7-13)12(17)10-5-9(14)3-4-11(10)16(19)20/h3-5,8,18H,6-7H2,1-2H3. The van der Waals surface area contributed by atoms with Crippen LogP contribution in [-0.4, -0.2) is 39.5 Å². The predicted molar refractivity (Wildman–Crippen MR) is 68.7 cm³/mol. The van der Waals surface area contributed by atoms with E-state index in [0.717, 1.165) is 18.2 Å². The number of benzene rings is 1. The van der Waals surface area contributed by atoms with Crippen LogP contribution in [0.15, 0.2) is 18.2 Å². The van der Waals surface area contributed by atoms with Crippen molar-refractivity contribution in [1.82, 2.24) is 4.90 Å². The van der Waals surface area contributed by atoms with Gasteiger partial charge in [0.25, 0.3) is 11.6 Å². The van der Waals surface area contributed by atoms with Gasteiger partial charge in [0.15, 0.2) is 0 Å². The summed E-state index contributed by atoms with van der Waals surface area (Å²) in [4.78, 5) is 23.6. The molecule has 1 heterocycles. The van der Waals surface area contributed by atoms with Gasteiger partial charge in [-0.15, -0.1) is 0 Å². The molecule has 1 N–H and O–H groups in total. The van der Waals surface area contributed by atoms with E-state index in [0.29, 0.717) is 0 Å². The lowest BCUT2D eigenvalue weighted by Gasteiger charge is -2.48. The molecule has 1 aromatic rings. The fourth-order valence-electron chi connectivity index (χ4n) is 2.13. The largest absolute Gasteiger partial charge is 0.386 e. The van der Waals surface area contributed by atoms with Gasteiger partial charge in [-0.25, -0.2) is 4.39 Å². The predicted octanol–water partition coefficient (Wildman–Crippen LogP) is 1.58. The molecule has 2 rings (SSSR count). The van der Waals surface area contributed by atoms with Crippen LogP contribution < -0.4 is 0 Å². The van der Waals surface area contributed by atoms with Crippen molar-refractivity contribution in [2.75, 3.05) is 13.1 Å². The summed E-state index contributed by atoms with van der Waals surface area (Å²) in [6, 6.07) is 2.76. The molecule has 0 radical (unpaired) electrons. The van der Waals surface area contributed by atoms with Crippen molar-refractivity contribution in [2.24, 2.45) is 5.92 Å². The van der Waals surface area contributed by atoms with E-state index in [1.807, 2.05) is 13.8 Å². The summed E-state index contributed by atoms with van der Waals surface area (Å²) in [6.07, 6.45) is 0. The molecule has 7 heteroatoms. The van der Waals surface area contributed by atoms with E-state index in [2.05, 4.69) is 0 Å². The van der Waals surface area contributed by atoms with Gasteiger partial charge in [-0.1, -0.05) is 13.8 Å². The molecule has 1 aliphatic rings.